The summed E-state index contributed by atoms with van der Waals surface area (Å²) in [4.78, 5) is 29.9. The second kappa shape index (κ2) is 7.92. The molecule has 0 bridgehead atoms. The van der Waals surface area contributed by atoms with Gasteiger partial charge in [-0.25, -0.2) is 9.97 Å². The molecule has 4 heterocycles. The summed E-state index contributed by atoms with van der Waals surface area (Å²) in [5.74, 6) is 7.08. The van der Waals surface area contributed by atoms with E-state index in [1.54, 1.807) is 11.1 Å². The molecule has 0 spiro atoms. The molecule has 3 aromatic heterocycles. The molecule has 31 heavy (non-hydrogen) atoms. The van der Waals surface area contributed by atoms with E-state index in [1.165, 1.54) is 12.4 Å². The first-order valence-electron chi connectivity index (χ1n) is 10.1. The van der Waals surface area contributed by atoms with Gasteiger partial charge < -0.3 is 15.2 Å². The van der Waals surface area contributed by atoms with Gasteiger partial charge >= 0.3 is 0 Å². The minimum atomic E-state index is -0.0409. The molecule has 7 nitrogen and oxygen atoms in total. The third kappa shape index (κ3) is 3.83. The Bertz CT molecular complexity index is 1360. The zero-order valence-electron chi connectivity index (χ0n) is 16.8. The van der Waals surface area contributed by atoms with Crippen LogP contribution in [0, 0.1) is 11.8 Å². The highest BCUT2D eigenvalue weighted by Gasteiger charge is 2.25. The summed E-state index contributed by atoms with van der Waals surface area (Å²) in [5.41, 5.74) is 3.35. The molecule has 1 amide bonds. The van der Waals surface area contributed by atoms with Crippen LogP contribution in [0.1, 0.15) is 17.7 Å². The highest BCUT2D eigenvalue weighted by atomic mass is 16.2. The highest BCUT2D eigenvalue weighted by Crippen LogP contribution is 2.23. The summed E-state index contributed by atoms with van der Waals surface area (Å²) >= 11 is 0. The Kier molecular flexibility index (Phi) is 4.81. The Morgan fingerprint density at radius 1 is 1.23 bits per heavy atom. The number of fused-ring (bicyclic) bond motifs is 2. The molecule has 2 N–H and O–H groups in total. The number of likely N-dealkylation sites (tertiary alicyclic amines) is 1. The monoisotopic (exact) mass is 408 g/mol. The Morgan fingerprint density at radius 3 is 3.06 bits per heavy atom. The molecule has 0 unspecified atom stereocenters. The number of nitrogens with zero attached hydrogens (tertiary/aromatic N) is 4. The summed E-state index contributed by atoms with van der Waals surface area (Å²) in [5, 5.41) is 5.38. The second-order valence-electron chi connectivity index (χ2n) is 7.45. The topological polar surface area (TPSA) is 86.8 Å². The first kappa shape index (κ1) is 18.8. The van der Waals surface area contributed by atoms with Gasteiger partial charge in [0.25, 0.3) is 0 Å². The molecular formula is C24H20N6O. The quantitative estimate of drug-likeness (QED) is 0.402. The molecule has 1 atom stereocenters. The van der Waals surface area contributed by atoms with Crippen molar-refractivity contribution in [1.82, 2.24) is 24.8 Å². The maximum absolute atomic E-state index is 11.8. The van der Waals surface area contributed by atoms with E-state index in [0.29, 0.717) is 13.1 Å². The molecule has 1 aromatic carbocycles. The largest absolute Gasteiger partial charge is 0.365 e. The van der Waals surface area contributed by atoms with E-state index in [2.05, 4.69) is 43.7 Å². The van der Waals surface area contributed by atoms with Gasteiger partial charge in [0, 0.05) is 36.3 Å². The number of carbonyl (C=O) groups excluding carboxylic acids is 1. The van der Waals surface area contributed by atoms with Crippen LogP contribution in [-0.4, -0.2) is 49.9 Å². The van der Waals surface area contributed by atoms with Gasteiger partial charge in [0.1, 0.15) is 17.8 Å². The van der Waals surface area contributed by atoms with Gasteiger partial charge in [-0.3, -0.25) is 9.78 Å². The van der Waals surface area contributed by atoms with Crippen molar-refractivity contribution >= 4 is 33.7 Å². The number of aromatic amines is 1. The average Bonchev–Trinajstić information content (AvgIpc) is 3.44. The Balaban J connectivity index is 1.38. The van der Waals surface area contributed by atoms with Crippen molar-refractivity contribution in [3.05, 3.63) is 72.8 Å². The van der Waals surface area contributed by atoms with Gasteiger partial charge in [0.15, 0.2) is 0 Å². The number of anilines is 1. The normalized spacial score (nSPS) is 15.6. The molecule has 152 valence electrons. The fourth-order valence-electron chi connectivity index (χ4n) is 3.82. The molecule has 0 radical (unpaired) electrons. The van der Waals surface area contributed by atoms with E-state index < -0.39 is 0 Å². The molecular weight excluding hydrogens is 388 g/mol. The number of H-pyrrole nitrogens is 1. The van der Waals surface area contributed by atoms with E-state index >= 15 is 0 Å². The fourth-order valence-corrected chi connectivity index (χ4v) is 3.82. The van der Waals surface area contributed by atoms with Crippen LogP contribution in [0.3, 0.4) is 0 Å². The Labute approximate surface area is 179 Å². The Hall–Kier alpha value is -4.18. The van der Waals surface area contributed by atoms with Gasteiger partial charge in [-0.2, -0.15) is 0 Å². The zero-order valence-corrected chi connectivity index (χ0v) is 16.8. The molecule has 1 aliphatic heterocycles. The molecule has 0 aliphatic carbocycles. The molecule has 4 aromatic rings. The number of benzene rings is 1. The maximum atomic E-state index is 11.8. The summed E-state index contributed by atoms with van der Waals surface area (Å²) < 4.78 is 0. The SMILES string of the molecule is C=CC(=O)N1CC[C@@H](Nc2ncnc3[nH]c(C#Cc4ccc5ncccc5c4)cc23)C1. The number of aromatic nitrogens is 4. The standard InChI is InChI=1S/C24H20N6O/c1-2-22(31)30-11-9-19(14-30)29-24-20-13-18(28-23(20)26-15-27-24)7-5-16-6-8-21-17(12-16)4-3-10-25-21/h2-4,6,8,10,12-13,15,19H,1,9,11,14H2,(H2,26,27,28,29)/t19-/m1/s1. The maximum Gasteiger partial charge on any atom is 0.246 e. The molecule has 7 heteroatoms. The summed E-state index contributed by atoms with van der Waals surface area (Å²) in [6, 6.07) is 12.0. The van der Waals surface area contributed by atoms with Crippen LogP contribution in [0.4, 0.5) is 5.82 Å². The van der Waals surface area contributed by atoms with Gasteiger partial charge in [-0.1, -0.05) is 18.6 Å². The summed E-state index contributed by atoms with van der Waals surface area (Å²) in [6.45, 7) is 4.90. The minimum Gasteiger partial charge on any atom is -0.365 e. The smallest absolute Gasteiger partial charge is 0.246 e. The van der Waals surface area contributed by atoms with E-state index in [1.807, 2.05) is 36.4 Å². The third-order valence-corrected chi connectivity index (χ3v) is 5.39. The van der Waals surface area contributed by atoms with E-state index in [-0.39, 0.29) is 11.9 Å². The van der Waals surface area contributed by atoms with Gasteiger partial charge in [-0.15, -0.1) is 0 Å². The number of nitrogens with one attached hydrogen (secondary N) is 2. The van der Waals surface area contributed by atoms with Crippen LogP contribution >= 0.6 is 0 Å². The lowest BCUT2D eigenvalue weighted by Crippen LogP contribution is -2.30. The predicted molar refractivity (Wildman–Crippen MR) is 120 cm³/mol. The van der Waals surface area contributed by atoms with Crippen molar-refractivity contribution in [3.63, 3.8) is 0 Å². The van der Waals surface area contributed by atoms with Crippen LogP contribution in [0.2, 0.25) is 0 Å². The van der Waals surface area contributed by atoms with Crippen LogP contribution in [0.15, 0.2) is 61.6 Å². The number of pyridine rings is 1. The van der Waals surface area contributed by atoms with E-state index in [0.717, 1.165) is 45.4 Å². The second-order valence-corrected chi connectivity index (χ2v) is 7.45. The molecule has 0 saturated carbocycles. The molecule has 5 rings (SSSR count). The van der Waals surface area contributed by atoms with Crippen molar-refractivity contribution in [2.75, 3.05) is 18.4 Å². The lowest BCUT2D eigenvalue weighted by molar-refractivity contribution is -0.125. The Morgan fingerprint density at radius 2 is 2.16 bits per heavy atom. The van der Waals surface area contributed by atoms with Crippen molar-refractivity contribution < 1.29 is 4.79 Å². The number of amides is 1. The first-order valence-corrected chi connectivity index (χ1v) is 10.1. The van der Waals surface area contributed by atoms with E-state index in [9.17, 15) is 4.79 Å². The van der Waals surface area contributed by atoms with Crippen molar-refractivity contribution in [3.8, 4) is 11.8 Å². The lowest BCUT2D eigenvalue weighted by atomic mass is 10.1. The van der Waals surface area contributed by atoms with Crippen LogP contribution < -0.4 is 5.32 Å². The molecule has 1 saturated heterocycles. The van der Waals surface area contributed by atoms with Crippen molar-refractivity contribution in [1.29, 1.82) is 0 Å². The van der Waals surface area contributed by atoms with E-state index in [4.69, 9.17) is 0 Å². The number of rotatable bonds is 3. The summed E-state index contributed by atoms with van der Waals surface area (Å²) in [7, 11) is 0. The number of hydrogen-bond donors (Lipinski definition) is 2. The van der Waals surface area contributed by atoms with Crippen LogP contribution in [0.5, 0.6) is 0 Å². The first-order chi connectivity index (χ1) is 15.2. The van der Waals surface area contributed by atoms with Gasteiger partial charge in [0.05, 0.1) is 16.6 Å². The minimum absolute atomic E-state index is 0.0409. The molecule has 1 aliphatic rings. The zero-order chi connectivity index (χ0) is 21.2. The third-order valence-electron chi connectivity index (χ3n) is 5.39. The fraction of sp³-hybridized carbons (Fsp3) is 0.167. The van der Waals surface area contributed by atoms with Crippen molar-refractivity contribution in [2.45, 2.75) is 12.5 Å². The highest BCUT2D eigenvalue weighted by molar-refractivity contribution is 5.89. The number of carbonyl (C=O) groups is 1. The summed E-state index contributed by atoms with van der Waals surface area (Å²) in [6.07, 6.45) is 5.52. The lowest BCUT2D eigenvalue weighted by Gasteiger charge is -2.15. The van der Waals surface area contributed by atoms with Gasteiger partial charge in [0.2, 0.25) is 5.91 Å². The van der Waals surface area contributed by atoms with Crippen LogP contribution in [-0.2, 0) is 4.79 Å². The van der Waals surface area contributed by atoms with Crippen molar-refractivity contribution in [2.24, 2.45) is 0 Å². The van der Waals surface area contributed by atoms with Crippen LogP contribution in [0.25, 0.3) is 21.9 Å². The molecule has 1 fully saturated rings. The number of hydrogen-bond acceptors (Lipinski definition) is 5. The van der Waals surface area contributed by atoms with Gasteiger partial charge in [-0.05, 0) is 48.7 Å². The predicted octanol–water partition coefficient (Wildman–Crippen LogP) is 3.10. The average molecular weight is 408 g/mol.